The number of H-pyrrole nitrogens is 1. The number of amides is 1. The van der Waals surface area contributed by atoms with Crippen LogP contribution in [-0.4, -0.2) is 28.9 Å². The molecule has 2 N–H and O–H groups in total. The van der Waals surface area contributed by atoms with Gasteiger partial charge in [0, 0.05) is 27.8 Å². The molecule has 3 aromatic carbocycles. The Morgan fingerprint density at radius 3 is 2.44 bits per heavy atom. The Kier molecular flexibility index (Phi) is 5.88. The molecule has 1 aromatic heterocycles. The molecule has 2 heterocycles. The monoisotopic (exact) mass is 480 g/mol. The van der Waals surface area contributed by atoms with Crippen molar-refractivity contribution in [2.75, 3.05) is 12.0 Å². The summed E-state index contributed by atoms with van der Waals surface area (Å²) in [6, 6.07) is 19.9. The number of carbonyl (C=O) groups is 2. The lowest BCUT2D eigenvalue weighted by molar-refractivity contribution is -0.132. The van der Waals surface area contributed by atoms with Gasteiger partial charge in [-0.2, -0.15) is 0 Å². The number of hydrogen-bond donors (Lipinski definition) is 2. The lowest BCUT2D eigenvalue weighted by Gasteiger charge is -2.26. The third-order valence-corrected chi connectivity index (χ3v) is 6.89. The number of ether oxygens (including phenoxy) is 1. The minimum absolute atomic E-state index is 0.0383. The maximum atomic E-state index is 13.6. The second-order valence-electron chi connectivity index (χ2n) is 9.10. The predicted octanol–water partition coefficient (Wildman–Crippen LogP) is 5.98. The molecule has 0 bridgehead atoms. The average Bonchev–Trinajstić information content (AvgIpc) is 3.35. The lowest BCUT2D eigenvalue weighted by atomic mass is 9.92. The normalized spacial score (nSPS) is 17.2. The standard InChI is InChI=1S/C30H28N2O4/c1-5-19-11-13-20(14-12-19)32-27(25-18(3)31-23-9-7-6-8-21(23)25)26(29(34)30(32)35)28(33)22-16-17(2)10-15-24(22)36-4/h6-16,27,31,33H,5H2,1-4H3/b28-26+. The molecule has 1 amide bonds. The molecule has 1 aliphatic heterocycles. The van der Waals surface area contributed by atoms with Crippen molar-refractivity contribution in [2.45, 2.75) is 33.2 Å². The Balaban J connectivity index is 1.82. The third kappa shape index (κ3) is 3.66. The Hall–Kier alpha value is -4.32. The van der Waals surface area contributed by atoms with Crippen LogP contribution < -0.4 is 9.64 Å². The van der Waals surface area contributed by atoms with Crippen LogP contribution in [0, 0.1) is 13.8 Å². The van der Waals surface area contributed by atoms with Crippen LogP contribution in [0.1, 0.15) is 40.9 Å². The van der Waals surface area contributed by atoms with Gasteiger partial charge in [-0.3, -0.25) is 14.5 Å². The number of para-hydroxylation sites is 1. The number of ketones is 1. The zero-order valence-electron chi connectivity index (χ0n) is 20.8. The summed E-state index contributed by atoms with van der Waals surface area (Å²) in [4.78, 5) is 32.0. The molecule has 5 rings (SSSR count). The first-order valence-electron chi connectivity index (χ1n) is 12.0. The van der Waals surface area contributed by atoms with Gasteiger partial charge in [-0.15, -0.1) is 0 Å². The quantitative estimate of drug-likeness (QED) is 0.209. The predicted molar refractivity (Wildman–Crippen MR) is 141 cm³/mol. The second kappa shape index (κ2) is 9.04. The molecule has 36 heavy (non-hydrogen) atoms. The number of aliphatic hydroxyl groups excluding tert-OH is 1. The molecular formula is C30H28N2O4. The number of aliphatic hydroxyl groups is 1. The van der Waals surface area contributed by atoms with Gasteiger partial charge in [0.05, 0.1) is 24.3 Å². The van der Waals surface area contributed by atoms with Crippen molar-refractivity contribution in [1.82, 2.24) is 4.98 Å². The van der Waals surface area contributed by atoms with E-state index in [1.54, 1.807) is 12.1 Å². The molecule has 182 valence electrons. The fraction of sp³-hybridized carbons (Fsp3) is 0.200. The summed E-state index contributed by atoms with van der Waals surface area (Å²) in [7, 11) is 1.51. The Labute approximate surface area is 209 Å². The van der Waals surface area contributed by atoms with E-state index in [-0.39, 0.29) is 11.3 Å². The van der Waals surface area contributed by atoms with Crippen molar-refractivity contribution in [3.8, 4) is 5.75 Å². The molecule has 6 heteroatoms. The van der Waals surface area contributed by atoms with E-state index in [1.807, 2.05) is 68.4 Å². The van der Waals surface area contributed by atoms with E-state index in [4.69, 9.17) is 4.74 Å². The zero-order chi connectivity index (χ0) is 25.6. The highest BCUT2D eigenvalue weighted by molar-refractivity contribution is 6.52. The van der Waals surface area contributed by atoms with E-state index in [0.29, 0.717) is 17.0 Å². The summed E-state index contributed by atoms with van der Waals surface area (Å²) in [5.41, 5.74) is 5.51. The van der Waals surface area contributed by atoms with Gasteiger partial charge in [0.15, 0.2) is 0 Å². The average molecular weight is 481 g/mol. The Morgan fingerprint density at radius 1 is 1.03 bits per heavy atom. The van der Waals surface area contributed by atoms with E-state index in [9.17, 15) is 14.7 Å². The summed E-state index contributed by atoms with van der Waals surface area (Å²) >= 11 is 0. The zero-order valence-corrected chi connectivity index (χ0v) is 20.8. The molecule has 0 radical (unpaired) electrons. The lowest BCUT2D eigenvalue weighted by Crippen LogP contribution is -2.29. The van der Waals surface area contributed by atoms with E-state index < -0.39 is 17.7 Å². The van der Waals surface area contributed by atoms with E-state index in [1.165, 1.54) is 12.0 Å². The van der Waals surface area contributed by atoms with Crippen molar-refractivity contribution in [3.63, 3.8) is 0 Å². The van der Waals surface area contributed by atoms with Crippen LogP contribution in [0.5, 0.6) is 5.75 Å². The number of rotatable bonds is 5. The fourth-order valence-corrected chi connectivity index (χ4v) is 5.07. The number of nitrogens with zero attached hydrogens (tertiary/aromatic N) is 1. The first kappa shape index (κ1) is 23.4. The Morgan fingerprint density at radius 2 is 1.75 bits per heavy atom. The molecule has 1 atom stereocenters. The number of aromatic amines is 1. The van der Waals surface area contributed by atoms with Crippen LogP contribution in [0.25, 0.3) is 16.7 Å². The van der Waals surface area contributed by atoms with Gasteiger partial charge in [0.2, 0.25) is 0 Å². The van der Waals surface area contributed by atoms with Gasteiger partial charge in [0.1, 0.15) is 11.5 Å². The Bertz CT molecular complexity index is 1530. The number of aryl methyl sites for hydroxylation is 3. The second-order valence-corrected chi connectivity index (χ2v) is 9.10. The summed E-state index contributed by atoms with van der Waals surface area (Å²) < 4.78 is 5.49. The number of aromatic nitrogens is 1. The van der Waals surface area contributed by atoms with Crippen LogP contribution in [0.15, 0.2) is 72.3 Å². The van der Waals surface area contributed by atoms with E-state index in [0.717, 1.165) is 39.7 Å². The van der Waals surface area contributed by atoms with Gasteiger partial charge in [0.25, 0.3) is 11.7 Å². The van der Waals surface area contributed by atoms with Crippen LogP contribution in [-0.2, 0) is 16.0 Å². The molecule has 4 aromatic rings. The van der Waals surface area contributed by atoms with Gasteiger partial charge in [-0.05, 0) is 56.2 Å². The molecule has 1 saturated heterocycles. The number of nitrogens with one attached hydrogen (secondary N) is 1. The minimum atomic E-state index is -0.821. The van der Waals surface area contributed by atoms with Gasteiger partial charge in [-0.1, -0.05) is 48.9 Å². The molecule has 0 spiro atoms. The molecular weight excluding hydrogens is 452 g/mol. The molecule has 0 saturated carbocycles. The maximum Gasteiger partial charge on any atom is 0.300 e. The summed E-state index contributed by atoms with van der Waals surface area (Å²) in [5, 5.41) is 12.5. The van der Waals surface area contributed by atoms with Crippen LogP contribution in [0.3, 0.4) is 0 Å². The van der Waals surface area contributed by atoms with Crippen molar-refractivity contribution in [3.05, 3.63) is 100 Å². The largest absolute Gasteiger partial charge is 0.507 e. The molecule has 1 unspecified atom stereocenters. The highest BCUT2D eigenvalue weighted by Gasteiger charge is 2.48. The SMILES string of the molecule is CCc1ccc(N2C(=O)C(=O)/C(=C(/O)c3cc(C)ccc3OC)C2c2c(C)[nH]c3ccccc23)cc1. The fourth-order valence-electron chi connectivity index (χ4n) is 5.07. The van der Waals surface area contributed by atoms with Crippen molar-refractivity contribution in [2.24, 2.45) is 0 Å². The number of methoxy groups -OCH3 is 1. The number of anilines is 1. The number of benzene rings is 3. The van der Waals surface area contributed by atoms with Crippen LogP contribution in [0.4, 0.5) is 5.69 Å². The molecule has 1 fully saturated rings. The molecule has 1 aliphatic rings. The van der Waals surface area contributed by atoms with Crippen molar-refractivity contribution >= 4 is 34.0 Å². The smallest absolute Gasteiger partial charge is 0.300 e. The molecule has 0 aliphatic carbocycles. The highest BCUT2D eigenvalue weighted by atomic mass is 16.5. The van der Waals surface area contributed by atoms with Gasteiger partial charge in [-0.25, -0.2) is 0 Å². The summed E-state index contributed by atoms with van der Waals surface area (Å²) in [5.74, 6) is -1.24. The number of fused-ring (bicyclic) bond motifs is 1. The van der Waals surface area contributed by atoms with Crippen molar-refractivity contribution in [1.29, 1.82) is 0 Å². The molecule has 6 nitrogen and oxygen atoms in total. The van der Waals surface area contributed by atoms with E-state index in [2.05, 4.69) is 11.9 Å². The summed E-state index contributed by atoms with van der Waals surface area (Å²) in [6.45, 7) is 5.88. The minimum Gasteiger partial charge on any atom is -0.507 e. The third-order valence-electron chi connectivity index (χ3n) is 6.89. The number of carbonyl (C=O) groups excluding carboxylic acids is 2. The van der Waals surface area contributed by atoms with E-state index >= 15 is 0 Å². The number of hydrogen-bond acceptors (Lipinski definition) is 4. The first-order chi connectivity index (χ1) is 17.3. The number of Topliss-reactive ketones (excluding diaryl/α,β-unsaturated/α-hetero) is 1. The maximum absolute atomic E-state index is 13.6. The topological polar surface area (TPSA) is 82.6 Å². The summed E-state index contributed by atoms with van der Waals surface area (Å²) in [6.07, 6.45) is 0.858. The van der Waals surface area contributed by atoms with Crippen LogP contribution >= 0.6 is 0 Å². The van der Waals surface area contributed by atoms with Gasteiger partial charge >= 0.3 is 0 Å². The highest BCUT2D eigenvalue weighted by Crippen LogP contribution is 2.46. The van der Waals surface area contributed by atoms with Crippen molar-refractivity contribution < 1.29 is 19.4 Å². The van der Waals surface area contributed by atoms with Crippen LogP contribution in [0.2, 0.25) is 0 Å². The first-order valence-corrected chi connectivity index (χ1v) is 12.0. The van der Waals surface area contributed by atoms with Gasteiger partial charge < -0.3 is 14.8 Å².